The Bertz CT molecular complexity index is 530. The van der Waals surface area contributed by atoms with Gasteiger partial charge in [0.15, 0.2) is 0 Å². The van der Waals surface area contributed by atoms with Crippen molar-refractivity contribution in [3.05, 3.63) is 64.4 Å². The molecule has 0 spiro atoms. The van der Waals surface area contributed by atoms with Crippen molar-refractivity contribution in [1.82, 2.24) is 9.88 Å². The number of aromatic nitrogens is 1. The minimum Gasteiger partial charge on any atom is -0.387 e. The Kier molecular flexibility index (Phi) is 5.29. The Morgan fingerprint density at radius 3 is 2.50 bits per heavy atom. The molecule has 2 unspecified atom stereocenters. The number of aliphatic hydroxyl groups is 1. The summed E-state index contributed by atoms with van der Waals surface area (Å²) in [4.78, 5) is 6.47. The fraction of sp³-hybridized carbons (Fsp3) is 0.312. The van der Waals surface area contributed by atoms with Crippen molar-refractivity contribution in [1.29, 1.82) is 0 Å². The smallest absolute Gasteiger partial charge is 0.0917 e. The van der Waals surface area contributed by atoms with Gasteiger partial charge in [-0.15, -0.1) is 0 Å². The average molecular weight is 335 g/mol. The predicted molar refractivity (Wildman–Crippen MR) is 84.4 cm³/mol. The Balaban J connectivity index is 2.00. The summed E-state index contributed by atoms with van der Waals surface area (Å²) in [6.45, 7) is 2.66. The molecule has 4 heteroatoms. The first-order valence-corrected chi connectivity index (χ1v) is 7.42. The number of likely N-dealkylation sites (N-methyl/N-ethyl adjacent to an activating group) is 1. The molecule has 2 rings (SSSR count). The van der Waals surface area contributed by atoms with Crippen molar-refractivity contribution in [3.63, 3.8) is 0 Å². The molecule has 106 valence electrons. The van der Waals surface area contributed by atoms with Crippen molar-refractivity contribution < 1.29 is 5.11 Å². The lowest BCUT2D eigenvalue weighted by Gasteiger charge is -2.26. The topological polar surface area (TPSA) is 36.4 Å². The summed E-state index contributed by atoms with van der Waals surface area (Å²) in [7, 11) is 2.00. The zero-order chi connectivity index (χ0) is 14.5. The van der Waals surface area contributed by atoms with Crippen molar-refractivity contribution >= 4 is 15.9 Å². The molecule has 0 aliphatic heterocycles. The fourth-order valence-electron chi connectivity index (χ4n) is 2.07. The van der Waals surface area contributed by atoms with Gasteiger partial charge >= 0.3 is 0 Å². The highest BCUT2D eigenvalue weighted by molar-refractivity contribution is 9.10. The van der Waals surface area contributed by atoms with Crippen LogP contribution in [0.15, 0.2) is 53.1 Å². The molecule has 1 heterocycles. The van der Waals surface area contributed by atoms with E-state index in [0.717, 1.165) is 15.7 Å². The maximum atomic E-state index is 10.3. The number of hydrogen-bond donors (Lipinski definition) is 1. The first-order valence-electron chi connectivity index (χ1n) is 6.62. The molecule has 0 radical (unpaired) electrons. The Morgan fingerprint density at radius 2 is 1.90 bits per heavy atom. The van der Waals surface area contributed by atoms with Gasteiger partial charge in [0, 0.05) is 23.3 Å². The van der Waals surface area contributed by atoms with Crippen LogP contribution in [0.2, 0.25) is 0 Å². The van der Waals surface area contributed by atoms with Gasteiger partial charge < -0.3 is 5.11 Å². The van der Waals surface area contributed by atoms with Gasteiger partial charge in [0.1, 0.15) is 0 Å². The molecule has 0 fully saturated rings. The van der Waals surface area contributed by atoms with Crippen LogP contribution >= 0.6 is 15.9 Å². The molecule has 3 nitrogen and oxygen atoms in total. The van der Waals surface area contributed by atoms with E-state index in [1.54, 1.807) is 6.20 Å². The van der Waals surface area contributed by atoms with Crippen molar-refractivity contribution in [2.75, 3.05) is 13.6 Å². The maximum Gasteiger partial charge on any atom is 0.0917 e. The van der Waals surface area contributed by atoms with Gasteiger partial charge in [0.2, 0.25) is 0 Å². The van der Waals surface area contributed by atoms with Gasteiger partial charge in [-0.3, -0.25) is 9.88 Å². The number of hydrogen-bond acceptors (Lipinski definition) is 3. The molecule has 0 saturated carbocycles. The zero-order valence-electron chi connectivity index (χ0n) is 11.7. The third-order valence-electron chi connectivity index (χ3n) is 3.49. The van der Waals surface area contributed by atoms with Crippen LogP contribution < -0.4 is 0 Å². The largest absolute Gasteiger partial charge is 0.387 e. The van der Waals surface area contributed by atoms with E-state index >= 15 is 0 Å². The number of halogens is 1. The Labute approximate surface area is 128 Å². The van der Waals surface area contributed by atoms with E-state index in [9.17, 15) is 5.11 Å². The summed E-state index contributed by atoms with van der Waals surface area (Å²) < 4.78 is 1.02. The van der Waals surface area contributed by atoms with Gasteiger partial charge in [-0.05, 0) is 43.8 Å². The Morgan fingerprint density at radius 1 is 1.20 bits per heavy atom. The molecule has 0 aliphatic carbocycles. The zero-order valence-corrected chi connectivity index (χ0v) is 13.3. The van der Waals surface area contributed by atoms with Crippen molar-refractivity contribution in [3.8, 4) is 0 Å². The third-order valence-corrected chi connectivity index (χ3v) is 4.02. The van der Waals surface area contributed by atoms with E-state index in [0.29, 0.717) is 6.54 Å². The number of nitrogens with zero attached hydrogens (tertiary/aromatic N) is 2. The molecule has 2 aromatic rings. The van der Waals surface area contributed by atoms with Crippen LogP contribution in [-0.2, 0) is 0 Å². The molecular formula is C16H19BrN2O. The number of benzene rings is 1. The molecule has 0 aliphatic rings. The van der Waals surface area contributed by atoms with Crippen LogP contribution in [0.3, 0.4) is 0 Å². The normalized spacial score (nSPS) is 14.2. The third kappa shape index (κ3) is 3.88. The predicted octanol–water partition coefficient (Wildman–Crippen LogP) is 3.57. The molecule has 20 heavy (non-hydrogen) atoms. The van der Waals surface area contributed by atoms with E-state index in [4.69, 9.17) is 0 Å². The highest BCUT2D eigenvalue weighted by atomic mass is 79.9. The molecule has 1 aromatic heterocycles. The SMILES string of the molecule is CC(c1ccccn1)N(C)CC(O)c1ccc(Br)cc1. The molecular weight excluding hydrogens is 316 g/mol. The first-order chi connectivity index (χ1) is 9.58. The highest BCUT2D eigenvalue weighted by Crippen LogP contribution is 2.21. The van der Waals surface area contributed by atoms with E-state index < -0.39 is 6.10 Å². The second-order valence-electron chi connectivity index (χ2n) is 4.94. The van der Waals surface area contributed by atoms with Crippen LogP contribution in [0, 0.1) is 0 Å². The average Bonchev–Trinajstić information content (AvgIpc) is 2.48. The van der Waals surface area contributed by atoms with Gasteiger partial charge in [0.05, 0.1) is 11.8 Å². The summed E-state index contributed by atoms with van der Waals surface area (Å²) in [5.74, 6) is 0. The maximum absolute atomic E-state index is 10.3. The summed E-state index contributed by atoms with van der Waals surface area (Å²) >= 11 is 3.40. The lowest BCUT2D eigenvalue weighted by atomic mass is 10.1. The van der Waals surface area contributed by atoms with Gasteiger partial charge in [-0.2, -0.15) is 0 Å². The fourth-order valence-corrected chi connectivity index (χ4v) is 2.33. The molecule has 0 bridgehead atoms. The van der Waals surface area contributed by atoms with E-state index in [2.05, 4.69) is 32.7 Å². The number of aliphatic hydroxyl groups excluding tert-OH is 1. The lowest BCUT2D eigenvalue weighted by molar-refractivity contribution is 0.107. The highest BCUT2D eigenvalue weighted by Gasteiger charge is 2.17. The molecule has 1 N–H and O–H groups in total. The van der Waals surface area contributed by atoms with Crippen LogP contribution in [0.1, 0.15) is 30.3 Å². The minimum absolute atomic E-state index is 0.168. The minimum atomic E-state index is -0.501. The molecule has 2 atom stereocenters. The van der Waals surface area contributed by atoms with Crippen LogP contribution in [-0.4, -0.2) is 28.6 Å². The standard InChI is InChI=1S/C16H19BrN2O/c1-12(15-5-3-4-10-18-15)19(2)11-16(20)13-6-8-14(17)9-7-13/h3-10,12,16,20H,11H2,1-2H3. The first kappa shape index (κ1) is 15.2. The molecule has 1 aromatic carbocycles. The summed E-state index contributed by atoms with van der Waals surface area (Å²) in [6, 6.07) is 13.8. The monoisotopic (exact) mass is 334 g/mol. The lowest BCUT2D eigenvalue weighted by Crippen LogP contribution is -2.28. The Hall–Kier alpha value is -1.23. The van der Waals surface area contributed by atoms with Crippen LogP contribution in [0.25, 0.3) is 0 Å². The van der Waals surface area contributed by atoms with Crippen LogP contribution in [0.5, 0.6) is 0 Å². The summed E-state index contributed by atoms with van der Waals surface area (Å²) in [6.07, 6.45) is 1.30. The second kappa shape index (κ2) is 6.97. The van der Waals surface area contributed by atoms with Gasteiger partial charge in [0.25, 0.3) is 0 Å². The van der Waals surface area contributed by atoms with Gasteiger partial charge in [-0.1, -0.05) is 34.1 Å². The van der Waals surface area contributed by atoms with Crippen molar-refractivity contribution in [2.24, 2.45) is 0 Å². The number of pyridine rings is 1. The van der Waals surface area contributed by atoms with Gasteiger partial charge in [-0.25, -0.2) is 0 Å². The van der Waals surface area contributed by atoms with Crippen LogP contribution in [0.4, 0.5) is 0 Å². The van der Waals surface area contributed by atoms with E-state index in [-0.39, 0.29) is 6.04 Å². The van der Waals surface area contributed by atoms with Crippen molar-refractivity contribution in [2.45, 2.75) is 19.1 Å². The number of rotatable bonds is 5. The second-order valence-corrected chi connectivity index (χ2v) is 5.85. The summed E-state index contributed by atoms with van der Waals surface area (Å²) in [5, 5.41) is 10.3. The molecule has 0 saturated heterocycles. The van der Waals surface area contributed by atoms with E-state index in [1.165, 1.54) is 0 Å². The van der Waals surface area contributed by atoms with E-state index in [1.807, 2.05) is 49.5 Å². The molecule has 0 amide bonds. The summed E-state index contributed by atoms with van der Waals surface area (Å²) in [5.41, 5.74) is 1.94. The quantitative estimate of drug-likeness (QED) is 0.907.